The summed E-state index contributed by atoms with van der Waals surface area (Å²) in [6, 6.07) is 13.9. The number of likely N-dealkylation sites (tertiary alicyclic amines) is 1. The van der Waals surface area contributed by atoms with Crippen LogP contribution in [0.3, 0.4) is 0 Å². The molecular formula is C24H29FN4O2. The normalized spacial score (nSPS) is 16.9. The molecule has 2 saturated heterocycles. The minimum absolute atomic E-state index is 0.0104. The first-order chi connectivity index (χ1) is 15.1. The van der Waals surface area contributed by atoms with Gasteiger partial charge in [0.25, 0.3) is 0 Å². The quantitative estimate of drug-likeness (QED) is 0.763. The van der Waals surface area contributed by atoms with Gasteiger partial charge in [-0.15, -0.1) is 0 Å². The van der Waals surface area contributed by atoms with Crippen molar-refractivity contribution < 1.29 is 14.0 Å². The number of carbonyl (C=O) groups is 2. The molecule has 0 atom stereocenters. The van der Waals surface area contributed by atoms with Gasteiger partial charge in [0.1, 0.15) is 5.82 Å². The summed E-state index contributed by atoms with van der Waals surface area (Å²) in [5.41, 5.74) is 2.78. The molecule has 164 valence electrons. The van der Waals surface area contributed by atoms with Crippen molar-refractivity contribution in [3.63, 3.8) is 0 Å². The fraction of sp³-hybridized carbons (Fsp3) is 0.417. The molecule has 31 heavy (non-hydrogen) atoms. The Bertz CT molecular complexity index is 904. The topological polar surface area (TPSA) is 64.7 Å². The van der Waals surface area contributed by atoms with Crippen LogP contribution in [0.4, 0.5) is 20.6 Å². The van der Waals surface area contributed by atoms with E-state index in [1.165, 1.54) is 25.0 Å². The molecule has 2 N–H and O–H groups in total. The average Bonchev–Trinajstić information content (AvgIpc) is 3.34. The van der Waals surface area contributed by atoms with Crippen molar-refractivity contribution in [2.75, 3.05) is 36.4 Å². The van der Waals surface area contributed by atoms with Crippen LogP contribution >= 0.6 is 0 Å². The maximum absolute atomic E-state index is 13.0. The second kappa shape index (κ2) is 9.81. The monoisotopic (exact) mass is 424 g/mol. The van der Waals surface area contributed by atoms with E-state index in [0.29, 0.717) is 32.5 Å². The molecule has 0 unspecified atom stereocenters. The van der Waals surface area contributed by atoms with E-state index in [1.54, 1.807) is 17.0 Å². The standard InChI is InChI=1S/C24H29FN4O2/c25-20-9-7-18(8-10-20)17-26-23(30)19-11-15-29(16-12-19)24(31)27-21-5-1-2-6-22(21)28-13-3-4-14-28/h1-2,5-10,19H,3-4,11-17H2,(H,26,30)(H,27,31). The summed E-state index contributed by atoms with van der Waals surface area (Å²) in [5.74, 6) is -0.408. The van der Waals surface area contributed by atoms with Gasteiger partial charge in [0.05, 0.1) is 11.4 Å². The van der Waals surface area contributed by atoms with Crippen LogP contribution in [0.15, 0.2) is 48.5 Å². The van der Waals surface area contributed by atoms with Crippen LogP contribution in [0.25, 0.3) is 0 Å². The van der Waals surface area contributed by atoms with Gasteiger partial charge in [-0.2, -0.15) is 0 Å². The van der Waals surface area contributed by atoms with Crippen LogP contribution in [0.2, 0.25) is 0 Å². The Kier molecular flexibility index (Phi) is 6.70. The Balaban J connectivity index is 1.26. The molecule has 0 aromatic heterocycles. The Morgan fingerprint density at radius 3 is 2.32 bits per heavy atom. The van der Waals surface area contributed by atoms with Gasteiger partial charge in [-0.3, -0.25) is 4.79 Å². The van der Waals surface area contributed by atoms with Crippen molar-refractivity contribution in [1.29, 1.82) is 0 Å². The van der Waals surface area contributed by atoms with Crippen molar-refractivity contribution in [2.45, 2.75) is 32.2 Å². The maximum Gasteiger partial charge on any atom is 0.321 e. The number of nitrogens with zero attached hydrogens (tertiary/aromatic N) is 2. The Labute approximate surface area is 182 Å². The summed E-state index contributed by atoms with van der Waals surface area (Å²) in [6.07, 6.45) is 3.63. The number of nitrogens with one attached hydrogen (secondary N) is 2. The number of halogens is 1. The number of hydrogen-bond acceptors (Lipinski definition) is 3. The minimum atomic E-state index is -0.288. The molecule has 0 bridgehead atoms. The highest BCUT2D eigenvalue weighted by molar-refractivity contribution is 5.93. The molecular weight excluding hydrogens is 395 g/mol. The predicted octanol–water partition coefficient (Wildman–Crippen LogP) is 3.99. The van der Waals surface area contributed by atoms with E-state index in [1.807, 2.05) is 18.2 Å². The van der Waals surface area contributed by atoms with Crippen molar-refractivity contribution in [3.05, 3.63) is 59.9 Å². The summed E-state index contributed by atoms with van der Waals surface area (Å²) in [5, 5.41) is 5.99. The minimum Gasteiger partial charge on any atom is -0.370 e. The van der Waals surface area contributed by atoms with Gasteiger partial charge in [0.15, 0.2) is 0 Å². The van der Waals surface area contributed by atoms with Crippen LogP contribution in [-0.4, -0.2) is 43.0 Å². The molecule has 2 heterocycles. The molecule has 2 aliphatic rings. The maximum atomic E-state index is 13.0. The molecule has 2 fully saturated rings. The lowest BCUT2D eigenvalue weighted by Crippen LogP contribution is -2.44. The van der Waals surface area contributed by atoms with Gasteiger partial charge in [-0.25, -0.2) is 9.18 Å². The lowest BCUT2D eigenvalue weighted by atomic mass is 9.96. The molecule has 0 saturated carbocycles. The van der Waals surface area contributed by atoms with Crippen LogP contribution in [0.5, 0.6) is 0 Å². The van der Waals surface area contributed by atoms with E-state index in [0.717, 1.165) is 30.0 Å². The average molecular weight is 425 g/mol. The summed E-state index contributed by atoms with van der Waals surface area (Å²) in [4.78, 5) is 29.4. The molecule has 7 heteroatoms. The smallest absolute Gasteiger partial charge is 0.321 e. The first-order valence-corrected chi connectivity index (χ1v) is 11.0. The largest absolute Gasteiger partial charge is 0.370 e. The highest BCUT2D eigenvalue weighted by Gasteiger charge is 2.28. The highest BCUT2D eigenvalue weighted by atomic mass is 19.1. The first-order valence-electron chi connectivity index (χ1n) is 11.0. The second-order valence-corrected chi connectivity index (χ2v) is 8.25. The summed E-state index contributed by atoms with van der Waals surface area (Å²) in [7, 11) is 0. The van der Waals surface area contributed by atoms with Crippen molar-refractivity contribution >= 4 is 23.3 Å². The molecule has 2 aliphatic heterocycles. The third-order valence-electron chi connectivity index (χ3n) is 6.13. The molecule has 0 aliphatic carbocycles. The fourth-order valence-corrected chi connectivity index (χ4v) is 4.29. The number of anilines is 2. The van der Waals surface area contributed by atoms with Gasteiger partial charge in [0, 0.05) is 38.6 Å². The van der Waals surface area contributed by atoms with Crippen LogP contribution in [-0.2, 0) is 11.3 Å². The number of rotatable bonds is 5. The summed E-state index contributed by atoms with van der Waals surface area (Å²) in [6.45, 7) is 3.52. The van der Waals surface area contributed by atoms with Gasteiger partial charge >= 0.3 is 6.03 Å². The number of para-hydroxylation sites is 2. The van der Waals surface area contributed by atoms with E-state index in [9.17, 15) is 14.0 Å². The Morgan fingerprint density at radius 2 is 1.61 bits per heavy atom. The van der Waals surface area contributed by atoms with Crippen LogP contribution in [0, 0.1) is 11.7 Å². The molecule has 2 aromatic carbocycles. The van der Waals surface area contributed by atoms with Gasteiger partial charge in [0.2, 0.25) is 5.91 Å². The van der Waals surface area contributed by atoms with Gasteiger partial charge in [-0.05, 0) is 55.5 Å². The Morgan fingerprint density at radius 1 is 0.935 bits per heavy atom. The Hall–Kier alpha value is -3.09. The van der Waals surface area contributed by atoms with Gasteiger partial charge < -0.3 is 20.4 Å². The zero-order valence-corrected chi connectivity index (χ0v) is 17.6. The molecule has 2 aromatic rings. The number of carbonyl (C=O) groups excluding carboxylic acids is 2. The molecule has 0 spiro atoms. The zero-order valence-electron chi connectivity index (χ0n) is 17.6. The van der Waals surface area contributed by atoms with Crippen molar-refractivity contribution in [1.82, 2.24) is 10.2 Å². The zero-order chi connectivity index (χ0) is 21.6. The van der Waals surface area contributed by atoms with E-state index in [-0.39, 0.29) is 23.7 Å². The predicted molar refractivity (Wildman–Crippen MR) is 119 cm³/mol. The molecule has 0 radical (unpaired) electrons. The number of amides is 3. The molecule has 3 amide bonds. The fourth-order valence-electron chi connectivity index (χ4n) is 4.29. The third-order valence-corrected chi connectivity index (χ3v) is 6.13. The number of benzene rings is 2. The van der Waals surface area contributed by atoms with E-state index >= 15 is 0 Å². The highest BCUT2D eigenvalue weighted by Crippen LogP contribution is 2.29. The number of urea groups is 1. The lowest BCUT2D eigenvalue weighted by molar-refractivity contribution is -0.126. The van der Waals surface area contributed by atoms with Crippen molar-refractivity contribution in [3.8, 4) is 0 Å². The SMILES string of the molecule is O=C(NCc1ccc(F)cc1)C1CCN(C(=O)Nc2ccccc2N2CCCC2)CC1. The van der Waals surface area contributed by atoms with Crippen LogP contribution in [0.1, 0.15) is 31.2 Å². The molecule has 6 nitrogen and oxygen atoms in total. The summed E-state index contributed by atoms with van der Waals surface area (Å²) >= 11 is 0. The first kappa shape index (κ1) is 21.2. The van der Waals surface area contributed by atoms with Crippen molar-refractivity contribution in [2.24, 2.45) is 5.92 Å². The van der Waals surface area contributed by atoms with Gasteiger partial charge in [-0.1, -0.05) is 24.3 Å². The summed E-state index contributed by atoms with van der Waals surface area (Å²) < 4.78 is 13.0. The van der Waals surface area contributed by atoms with E-state index in [2.05, 4.69) is 21.6 Å². The van der Waals surface area contributed by atoms with E-state index in [4.69, 9.17) is 0 Å². The third kappa shape index (κ3) is 5.34. The lowest BCUT2D eigenvalue weighted by Gasteiger charge is -2.32. The van der Waals surface area contributed by atoms with Crippen LogP contribution < -0.4 is 15.5 Å². The number of hydrogen-bond donors (Lipinski definition) is 2. The second-order valence-electron chi connectivity index (χ2n) is 8.25. The number of piperidine rings is 1. The molecule has 4 rings (SSSR count). The van der Waals surface area contributed by atoms with E-state index < -0.39 is 0 Å².